The lowest BCUT2D eigenvalue weighted by atomic mass is 9.71. The van der Waals surface area contributed by atoms with Crippen LogP contribution in [0.25, 0.3) is 0 Å². The van der Waals surface area contributed by atoms with Gasteiger partial charge in [-0.15, -0.1) is 18.3 Å². The second kappa shape index (κ2) is 9.01. The molecule has 3 aliphatic heterocycles. The Morgan fingerprint density at radius 1 is 1.41 bits per heavy atom. The number of thioether (sulfide) groups is 1. The van der Waals surface area contributed by atoms with Crippen molar-refractivity contribution in [2.24, 2.45) is 17.8 Å². The van der Waals surface area contributed by atoms with Crippen LogP contribution in [0.1, 0.15) is 54.4 Å². The Morgan fingerprint density at radius 2 is 2.06 bits per heavy atom. The number of ether oxygens (including phenoxy) is 1. The van der Waals surface area contributed by atoms with Gasteiger partial charge in [0.15, 0.2) is 0 Å². The van der Waals surface area contributed by atoms with Crippen molar-refractivity contribution in [2.45, 2.75) is 82.0 Å². The van der Waals surface area contributed by atoms with Gasteiger partial charge in [-0.2, -0.15) is 0 Å². The van der Waals surface area contributed by atoms with Crippen LogP contribution in [0.15, 0.2) is 12.7 Å². The molecular weight excluding hydrogens is 428 g/mol. The highest BCUT2D eigenvalue weighted by molar-refractivity contribution is 8.02. The Balaban J connectivity index is 2.14. The third-order valence-corrected chi connectivity index (χ3v) is 9.18. The zero-order chi connectivity index (χ0) is 24.0. The molecule has 3 fully saturated rings. The van der Waals surface area contributed by atoms with Crippen LogP contribution >= 0.6 is 11.8 Å². The second-order valence-electron chi connectivity index (χ2n) is 10.5. The molecule has 2 amide bonds. The van der Waals surface area contributed by atoms with E-state index in [1.165, 1.54) is 0 Å². The van der Waals surface area contributed by atoms with Crippen molar-refractivity contribution in [3.05, 3.63) is 12.7 Å². The molecule has 7 nitrogen and oxygen atoms in total. The molecule has 6 atom stereocenters. The fourth-order valence-electron chi connectivity index (χ4n) is 5.83. The molecule has 1 N–H and O–H groups in total. The number of nitrogens with zero attached hydrogens (tertiary/aromatic N) is 2. The van der Waals surface area contributed by atoms with Gasteiger partial charge in [-0.3, -0.25) is 14.4 Å². The third-order valence-electron chi connectivity index (χ3n) is 7.23. The molecule has 3 rings (SSSR count). The molecule has 0 aromatic heterocycles. The Bertz CT molecular complexity index is 779. The zero-order valence-electron chi connectivity index (χ0n) is 20.2. The standard InChI is InChI=1S/C24H38N2O5S/c1-8-12-25(23(5,6)7)21(29)19-24-11-10-16(32-24)17(22(30)31-9-2)18(24)20(28)26(19)15(13-27)14(3)4/h8,14-19,27H,1,9-13H2,2-7H3/t15-,16-,17+,18-,19?,24?/m0/s1. The number of likely N-dealkylation sites (tertiary alicyclic amines) is 1. The molecule has 0 aromatic carbocycles. The highest BCUT2D eigenvalue weighted by Crippen LogP contribution is 2.67. The maximum atomic E-state index is 14.2. The van der Waals surface area contributed by atoms with Crippen LogP contribution in [-0.2, 0) is 19.1 Å². The average Bonchev–Trinajstić information content (AvgIpc) is 3.33. The van der Waals surface area contributed by atoms with Gasteiger partial charge in [-0.1, -0.05) is 19.9 Å². The van der Waals surface area contributed by atoms with E-state index in [0.29, 0.717) is 13.0 Å². The van der Waals surface area contributed by atoms with Crippen LogP contribution in [0.3, 0.4) is 0 Å². The van der Waals surface area contributed by atoms with E-state index in [2.05, 4.69) is 6.58 Å². The number of aliphatic hydroxyl groups excluding tert-OH is 1. The van der Waals surface area contributed by atoms with Crippen LogP contribution in [0, 0.1) is 17.8 Å². The summed E-state index contributed by atoms with van der Waals surface area (Å²) in [5.74, 6) is -1.86. The lowest BCUT2D eigenvalue weighted by Gasteiger charge is -2.44. The molecule has 3 saturated heterocycles. The molecule has 3 heterocycles. The smallest absolute Gasteiger partial charge is 0.310 e. The highest BCUT2D eigenvalue weighted by Gasteiger charge is 2.75. The molecule has 0 aliphatic carbocycles. The number of rotatable bonds is 8. The van der Waals surface area contributed by atoms with Gasteiger partial charge in [-0.25, -0.2) is 0 Å². The average molecular weight is 467 g/mol. The first-order valence-electron chi connectivity index (χ1n) is 11.7. The van der Waals surface area contributed by atoms with E-state index in [1.54, 1.807) is 34.6 Å². The van der Waals surface area contributed by atoms with Gasteiger partial charge >= 0.3 is 5.97 Å². The summed E-state index contributed by atoms with van der Waals surface area (Å²) in [6.07, 6.45) is 3.17. The van der Waals surface area contributed by atoms with Gasteiger partial charge in [0.25, 0.3) is 0 Å². The summed E-state index contributed by atoms with van der Waals surface area (Å²) < 4.78 is 4.68. The Kier molecular flexibility index (Phi) is 7.06. The minimum absolute atomic E-state index is 0.0189. The number of hydrogen-bond donors (Lipinski definition) is 1. The summed E-state index contributed by atoms with van der Waals surface area (Å²) in [4.78, 5) is 44.4. The number of amides is 2. The lowest BCUT2D eigenvalue weighted by molar-refractivity contribution is -0.154. The van der Waals surface area contributed by atoms with Gasteiger partial charge < -0.3 is 19.6 Å². The highest BCUT2D eigenvalue weighted by atomic mass is 32.2. The van der Waals surface area contributed by atoms with Gasteiger partial charge in [0, 0.05) is 17.3 Å². The van der Waals surface area contributed by atoms with E-state index in [0.717, 1.165) is 6.42 Å². The SMILES string of the molecule is C=CCN(C(=O)C1N([C@@H](CO)C(C)C)C(=O)[C@@H]2[C@H](C(=O)OCC)[C@@H]3CCC12S3)C(C)(C)C. The van der Waals surface area contributed by atoms with E-state index in [1.807, 2.05) is 34.6 Å². The molecule has 32 heavy (non-hydrogen) atoms. The van der Waals surface area contributed by atoms with E-state index in [-0.39, 0.29) is 42.2 Å². The van der Waals surface area contributed by atoms with Crippen molar-refractivity contribution in [1.82, 2.24) is 9.80 Å². The number of carbonyl (C=O) groups is 3. The van der Waals surface area contributed by atoms with Crippen molar-refractivity contribution >= 4 is 29.5 Å². The van der Waals surface area contributed by atoms with Gasteiger partial charge in [0.2, 0.25) is 11.8 Å². The molecule has 1 spiro atoms. The maximum Gasteiger partial charge on any atom is 0.310 e. The van der Waals surface area contributed by atoms with Crippen molar-refractivity contribution < 1.29 is 24.2 Å². The zero-order valence-corrected chi connectivity index (χ0v) is 21.0. The molecule has 0 radical (unpaired) electrons. The van der Waals surface area contributed by atoms with E-state index in [9.17, 15) is 19.5 Å². The van der Waals surface area contributed by atoms with Gasteiger partial charge in [0.1, 0.15) is 6.04 Å². The fourth-order valence-corrected chi connectivity index (χ4v) is 8.01. The maximum absolute atomic E-state index is 14.2. The number of fused-ring (bicyclic) bond motifs is 1. The molecule has 2 unspecified atom stereocenters. The number of carbonyl (C=O) groups excluding carboxylic acids is 3. The summed E-state index contributed by atoms with van der Waals surface area (Å²) in [5.41, 5.74) is -0.469. The first kappa shape index (κ1) is 25.1. The Morgan fingerprint density at radius 3 is 2.56 bits per heavy atom. The number of aliphatic hydroxyl groups is 1. The normalized spacial score (nSPS) is 32.2. The van der Waals surface area contributed by atoms with Crippen molar-refractivity contribution in [1.29, 1.82) is 0 Å². The predicted octanol–water partition coefficient (Wildman–Crippen LogP) is 2.47. The second-order valence-corrected chi connectivity index (χ2v) is 12.1. The van der Waals surface area contributed by atoms with E-state index >= 15 is 0 Å². The topological polar surface area (TPSA) is 87.2 Å². The summed E-state index contributed by atoms with van der Waals surface area (Å²) in [6.45, 7) is 15.8. The van der Waals surface area contributed by atoms with Crippen molar-refractivity contribution in [2.75, 3.05) is 19.8 Å². The summed E-state index contributed by atoms with van der Waals surface area (Å²) in [5, 5.41) is 10.2. The minimum atomic E-state index is -0.729. The summed E-state index contributed by atoms with van der Waals surface area (Å²) in [6, 6.07) is -1.22. The van der Waals surface area contributed by atoms with Crippen LogP contribution in [0.2, 0.25) is 0 Å². The molecule has 8 heteroatoms. The molecule has 0 saturated carbocycles. The monoisotopic (exact) mass is 466 g/mol. The lowest BCUT2D eigenvalue weighted by Crippen LogP contribution is -2.61. The molecular formula is C24H38N2O5S. The van der Waals surface area contributed by atoms with Gasteiger partial charge in [-0.05, 0) is 46.5 Å². The Hall–Kier alpha value is -1.54. The van der Waals surface area contributed by atoms with Gasteiger partial charge in [0.05, 0.1) is 35.8 Å². The quantitative estimate of drug-likeness (QED) is 0.437. The predicted molar refractivity (Wildman–Crippen MR) is 125 cm³/mol. The van der Waals surface area contributed by atoms with Crippen LogP contribution in [0.4, 0.5) is 0 Å². The van der Waals surface area contributed by atoms with Crippen LogP contribution < -0.4 is 0 Å². The largest absolute Gasteiger partial charge is 0.466 e. The first-order chi connectivity index (χ1) is 15.0. The molecule has 0 aromatic rings. The minimum Gasteiger partial charge on any atom is -0.466 e. The fraction of sp³-hybridized carbons (Fsp3) is 0.792. The van der Waals surface area contributed by atoms with Crippen molar-refractivity contribution in [3.63, 3.8) is 0 Å². The van der Waals surface area contributed by atoms with E-state index in [4.69, 9.17) is 4.74 Å². The van der Waals surface area contributed by atoms with Crippen LogP contribution in [0.5, 0.6) is 0 Å². The number of hydrogen-bond acceptors (Lipinski definition) is 6. The number of esters is 1. The first-order valence-corrected chi connectivity index (χ1v) is 12.5. The molecule has 3 aliphatic rings. The third kappa shape index (κ3) is 3.77. The van der Waals surface area contributed by atoms with E-state index < -0.39 is 34.2 Å². The van der Waals surface area contributed by atoms with Crippen LogP contribution in [-0.4, -0.2) is 80.1 Å². The molecule has 180 valence electrons. The van der Waals surface area contributed by atoms with Crippen molar-refractivity contribution in [3.8, 4) is 0 Å². The molecule has 2 bridgehead atoms. The summed E-state index contributed by atoms with van der Waals surface area (Å²) in [7, 11) is 0. The summed E-state index contributed by atoms with van der Waals surface area (Å²) >= 11 is 1.62. The Labute approximate surface area is 195 Å².